The molecule has 0 aliphatic carbocycles. The van der Waals surface area contributed by atoms with Crippen molar-refractivity contribution in [1.82, 2.24) is 4.72 Å². The van der Waals surface area contributed by atoms with Gasteiger partial charge in [-0.15, -0.1) is 0 Å². The van der Waals surface area contributed by atoms with Crippen molar-refractivity contribution < 1.29 is 12.8 Å². The van der Waals surface area contributed by atoms with Gasteiger partial charge in [0, 0.05) is 6.54 Å². The van der Waals surface area contributed by atoms with Crippen molar-refractivity contribution in [3.05, 3.63) is 24.0 Å². The van der Waals surface area contributed by atoms with E-state index in [4.69, 9.17) is 0 Å². The SMILES string of the molecule is CC(C)CN=C1Nc2ccc(F)cc2S(=O)(=O)N1. The van der Waals surface area contributed by atoms with Gasteiger partial charge in [-0.2, -0.15) is 0 Å². The lowest BCUT2D eigenvalue weighted by Gasteiger charge is -2.21. The van der Waals surface area contributed by atoms with Crippen molar-refractivity contribution >= 4 is 21.7 Å². The number of aliphatic imine (C=N–C) groups is 1. The molecule has 98 valence electrons. The zero-order valence-electron chi connectivity index (χ0n) is 10.1. The molecule has 7 heteroatoms. The molecule has 0 atom stereocenters. The van der Waals surface area contributed by atoms with Crippen LogP contribution < -0.4 is 10.0 Å². The summed E-state index contributed by atoms with van der Waals surface area (Å²) in [5, 5.41) is 2.83. The van der Waals surface area contributed by atoms with E-state index in [1.165, 1.54) is 12.1 Å². The Morgan fingerprint density at radius 2 is 2.11 bits per heavy atom. The van der Waals surface area contributed by atoms with E-state index in [2.05, 4.69) is 15.0 Å². The van der Waals surface area contributed by atoms with Crippen molar-refractivity contribution in [2.75, 3.05) is 11.9 Å². The number of hydrogen-bond acceptors (Lipinski definition) is 3. The zero-order valence-corrected chi connectivity index (χ0v) is 10.9. The number of nitrogens with one attached hydrogen (secondary N) is 2. The minimum Gasteiger partial charge on any atom is -0.324 e. The normalized spacial score (nSPS) is 19.2. The van der Waals surface area contributed by atoms with E-state index in [1.807, 2.05) is 13.8 Å². The lowest BCUT2D eigenvalue weighted by atomic mass is 10.2. The third-order valence-corrected chi connectivity index (χ3v) is 3.71. The van der Waals surface area contributed by atoms with E-state index >= 15 is 0 Å². The molecule has 2 rings (SSSR count). The van der Waals surface area contributed by atoms with Crippen LogP contribution in [0.4, 0.5) is 10.1 Å². The van der Waals surface area contributed by atoms with Gasteiger partial charge in [0.05, 0.1) is 5.69 Å². The van der Waals surface area contributed by atoms with Crippen molar-refractivity contribution in [1.29, 1.82) is 0 Å². The van der Waals surface area contributed by atoms with Gasteiger partial charge in [0.2, 0.25) is 5.96 Å². The molecule has 2 N–H and O–H groups in total. The molecule has 0 saturated carbocycles. The van der Waals surface area contributed by atoms with E-state index in [9.17, 15) is 12.8 Å². The van der Waals surface area contributed by atoms with Crippen molar-refractivity contribution in [3.63, 3.8) is 0 Å². The first-order valence-electron chi connectivity index (χ1n) is 5.52. The number of rotatable bonds is 2. The summed E-state index contributed by atoms with van der Waals surface area (Å²) in [6.45, 7) is 4.46. The van der Waals surface area contributed by atoms with Crippen molar-refractivity contribution in [2.24, 2.45) is 10.9 Å². The highest BCUT2D eigenvalue weighted by molar-refractivity contribution is 7.90. The minimum absolute atomic E-state index is 0.106. The molecule has 0 fully saturated rings. The second-order valence-corrected chi connectivity index (χ2v) is 6.10. The Bertz CT molecular complexity index is 596. The number of halogens is 1. The Balaban J connectivity index is 2.39. The molecule has 0 aromatic heterocycles. The minimum atomic E-state index is -3.74. The first kappa shape index (κ1) is 12.8. The number of anilines is 1. The van der Waals surface area contributed by atoms with Crippen LogP contribution in [0.15, 0.2) is 28.1 Å². The summed E-state index contributed by atoms with van der Waals surface area (Å²) >= 11 is 0. The summed E-state index contributed by atoms with van der Waals surface area (Å²) in [5.41, 5.74) is 0.331. The van der Waals surface area contributed by atoms with Gasteiger partial charge in [-0.3, -0.25) is 4.99 Å². The Kier molecular flexibility index (Phi) is 3.25. The van der Waals surface area contributed by atoms with E-state index < -0.39 is 15.8 Å². The fourth-order valence-corrected chi connectivity index (χ4v) is 2.66. The Hall–Kier alpha value is -1.63. The quantitative estimate of drug-likeness (QED) is 0.857. The van der Waals surface area contributed by atoms with Crippen LogP contribution in [0.2, 0.25) is 0 Å². The Labute approximate surface area is 105 Å². The van der Waals surface area contributed by atoms with Gasteiger partial charge in [0.15, 0.2) is 0 Å². The van der Waals surface area contributed by atoms with Gasteiger partial charge < -0.3 is 5.32 Å². The van der Waals surface area contributed by atoms with Crippen LogP contribution >= 0.6 is 0 Å². The first-order valence-corrected chi connectivity index (χ1v) is 7.00. The van der Waals surface area contributed by atoms with Crippen molar-refractivity contribution in [2.45, 2.75) is 18.7 Å². The largest absolute Gasteiger partial charge is 0.324 e. The molecular formula is C11H14FN3O2S. The summed E-state index contributed by atoms with van der Waals surface area (Å²) in [4.78, 5) is 4.02. The number of fused-ring (bicyclic) bond motifs is 1. The number of nitrogens with zero attached hydrogens (tertiary/aromatic N) is 1. The highest BCUT2D eigenvalue weighted by atomic mass is 32.2. The van der Waals surface area contributed by atoms with Crippen molar-refractivity contribution in [3.8, 4) is 0 Å². The first-order chi connectivity index (χ1) is 8.38. The van der Waals surface area contributed by atoms with Gasteiger partial charge in [0.25, 0.3) is 10.0 Å². The van der Waals surface area contributed by atoms with E-state index in [-0.39, 0.29) is 10.9 Å². The summed E-state index contributed by atoms with van der Waals surface area (Å²) in [6.07, 6.45) is 0. The second-order valence-electron chi connectivity index (χ2n) is 4.45. The standard InChI is InChI=1S/C11H14FN3O2S/c1-7(2)6-13-11-14-9-4-3-8(12)5-10(9)18(16,17)15-11/h3-5,7H,6H2,1-2H3,(H2,13,14,15). The van der Waals surface area contributed by atoms with Crippen LogP contribution in [0.1, 0.15) is 13.8 Å². The van der Waals surface area contributed by atoms with Gasteiger partial charge in [-0.1, -0.05) is 13.8 Å². The molecule has 0 amide bonds. The number of sulfonamides is 1. The Morgan fingerprint density at radius 3 is 2.78 bits per heavy atom. The highest BCUT2D eigenvalue weighted by Crippen LogP contribution is 2.25. The topological polar surface area (TPSA) is 70.6 Å². The summed E-state index contributed by atoms with van der Waals surface area (Å²) in [5.74, 6) is -0.107. The molecule has 18 heavy (non-hydrogen) atoms. The van der Waals surface area contributed by atoms with E-state index in [0.29, 0.717) is 18.2 Å². The summed E-state index contributed by atoms with van der Waals surface area (Å²) in [7, 11) is -3.74. The molecule has 0 spiro atoms. The van der Waals surface area contributed by atoms with Crippen LogP contribution in [-0.4, -0.2) is 20.9 Å². The third kappa shape index (κ3) is 2.61. The molecule has 1 aliphatic heterocycles. The molecular weight excluding hydrogens is 257 g/mol. The lowest BCUT2D eigenvalue weighted by Crippen LogP contribution is -2.41. The highest BCUT2D eigenvalue weighted by Gasteiger charge is 2.26. The summed E-state index contributed by atoms with van der Waals surface area (Å²) < 4.78 is 39.1. The zero-order chi connectivity index (χ0) is 13.3. The maximum Gasteiger partial charge on any atom is 0.266 e. The van der Waals surface area contributed by atoms with Crippen LogP contribution in [0.25, 0.3) is 0 Å². The van der Waals surface area contributed by atoms with Crippen LogP contribution in [-0.2, 0) is 10.0 Å². The molecule has 0 radical (unpaired) electrons. The molecule has 1 aromatic carbocycles. The van der Waals surface area contributed by atoms with Gasteiger partial charge in [-0.05, 0) is 24.1 Å². The Morgan fingerprint density at radius 1 is 1.39 bits per heavy atom. The predicted octanol–water partition coefficient (Wildman–Crippen LogP) is 1.54. The average molecular weight is 271 g/mol. The molecule has 1 aromatic rings. The fourth-order valence-electron chi connectivity index (χ4n) is 1.50. The lowest BCUT2D eigenvalue weighted by molar-refractivity contribution is 0.586. The fraction of sp³-hybridized carbons (Fsp3) is 0.364. The number of benzene rings is 1. The van der Waals surface area contributed by atoms with E-state index in [1.54, 1.807) is 0 Å². The smallest absolute Gasteiger partial charge is 0.266 e. The molecule has 0 saturated heterocycles. The average Bonchev–Trinajstić information content (AvgIpc) is 2.27. The number of hydrogen-bond donors (Lipinski definition) is 2. The molecule has 1 aliphatic rings. The molecule has 0 unspecified atom stereocenters. The maximum atomic E-state index is 13.0. The third-order valence-electron chi connectivity index (χ3n) is 2.33. The van der Waals surface area contributed by atoms with Crippen LogP contribution in [0.3, 0.4) is 0 Å². The maximum absolute atomic E-state index is 13.0. The molecule has 1 heterocycles. The van der Waals surface area contributed by atoms with Gasteiger partial charge in [-0.25, -0.2) is 17.5 Å². The number of guanidine groups is 1. The second kappa shape index (κ2) is 4.56. The summed E-state index contributed by atoms with van der Waals surface area (Å²) in [6, 6.07) is 3.56. The van der Waals surface area contributed by atoms with E-state index in [0.717, 1.165) is 6.07 Å². The monoisotopic (exact) mass is 271 g/mol. The predicted molar refractivity (Wildman–Crippen MR) is 67.5 cm³/mol. The van der Waals surface area contributed by atoms with Crippen LogP contribution in [0, 0.1) is 11.7 Å². The van der Waals surface area contributed by atoms with Gasteiger partial charge in [0.1, 0.15) is 10.7 Å². The molecule has 0 bridgehead atoms. The molecule has 5 nitrogen and oxygen atoms in total. The van der Waals surface area contributed by atoms with Gasteiger partial charge >= 0.3 is 0 Å². The van der Waals surface area contributed by atoms with Crippen LogP contribution in [0.5, 0.6) is 0 Å².